The molecule has 0 saturated heterocycles. The Labute approximate surface area is 157 Å². The van der Waals surface area contributed by atoms with Crippen molar-refractivity contribution in [1.29, 1.82) is 0 Å². The molecule has 4 rings (SSSR count). The highest BCUT2D eigenvalue weighted by Crippen LogP contribution is 2.19. The van der Waals surface area contributed by atoms with Crippen LogP contribution < -0.4 is 10.6 Å². The summed E-state index contributed by atoms with van der Waals surface area (Å²) >= 11 is 0. The fourth-order valence-corrected chi connectivity index (χ4v) is 2.78. The van der Waals surface area contributed by atoms with E-state index in [0.717, 1.165) is 24.1 Å². The number of nitrogens with zero attached hydrogens (tertiary/aromatic N) is 2. The number of carbonyl (C=O) groups is 2. The van der Waals surface area contributed by atoms with Crippen LogP contribution in [0.25, 0.3) is 5.69 Å². The van der Waals surface area contributed by atoms with Crippen LogP contribution in [-0.2, 0) is 11.2 Å². The highest BCUT2D eigenvalue weighted by atomic mass is 16.2. The minimum absolute atomic E-state index is 0.0624. The van der Waals surface area contributed by atoms with Gasteiger partial charge in [0.2, 0.25) is 5.91 Å². The van der Waals surface area contributed by atoms with E-state index in [1.807, 2.05) is 36.5 Å². The lowest BCUT2D eigenvalue weighted by molar-refractivity contribution is -0.115. The zero-order valence-corrected chi connectivity index (χ0v) is 14.8. The summed E-state index contributed by atoms with van der Waals surface area (Å²) in [6.45, 7) is 0. The molecule has 6 heteroatoms. The summed E-state index contributed by atoms with van der Waals surface area (Å²) in [5, 5.41) is 9.99. The van der Waals surface area contributed by atoms with Gasteiger partial charge in [-0.2, -0.15) is 5.10 Å². The Morgan fingerprint density at radius 2 is 1.78 bits per heavy atom. The van der Waals surface area contributed by atoms with Crippen LogP contribution in [0.15, 0.2) is 67.0 Å². The number of anilines is 1. The van der Waals surface area contributed by atoms with Crippen molar-refractivity contribution >= 4 is 17.5 Å². The van der Waals surface area contributed by atoms with Crippen LogP contribution in [0.5, 0.6) is 0 Å². The minimum atomic E-state index is -0.1000. The van der Waals surface area contributed by atoms with Crippen molar-refractivity contribution in [3.05, 3.63) is 78.1 Å². The zero-order valence-electron chi connectivity index (χ0n) is 14.8. The van der Waals surface area contributed by atoms with Gasteiger partial charge in [0.15, 0.2) is 0 Å². The van der Waals surface area contributed by atoms with Crippen molar-refractivity contribution < 1.29 is 9.59 Å². The van der Waals surface area contributed by atoms with Crippen LogP contribution >= 0.6 is 0 Å². The van der Waals surface area contributed by atoms with Gasteiger partial charge in [0.05, 0.1) is 12.1 Å². The van der Waals surface area contributed by atoms with E-state index in [9.17, 15) is 9.59 Å². The number of benzene rings is 2. The molecule has 3 aromatic rings. The van der Waals surface area contributed by atoms with Crippen LogP contribution in [-0.4, -0.2) is 27.6 Å². The molecule has 0 radical (unpaired) electrons. The van der Waals surface area contributed by atoms with E-state index in [1.165, 1.54) is 0 Å². The van der Waals surface area contributed by atoms with Crippen molar-refractivity contribution in [3.8, 4) is 5.69 Å². The second kappa shape index (κ2) is 7.45. The monoisotopic (exact) mass is 360 g/mol. The molecule has 0 atom stereocenters. The topological polar surface area (TPSA) is 76.0 Å². The van der Waals surface area contributed by atoms with Crippen LogP contribution in [0, 0.1) is 0 Å². The molecule has 1 fully saturated rings. The highest BCUT2D eigenvalue weighted by molar-refractivity contribution is 5.96. The maximum absolute atomic E-state index is 12.3. The summed E-state index contributed by atoms with van der Waals surface area (Å²) in [4.78, 5) is 24.2. The molecule has 6 nitrogen and oxygen atoms in total. The van der Waals surface area contributed by atoms with Gasteiger partial charge in [0.1, 0.15) is 0 Å². The van der Waals surface area contributed by atoms with Gasteiger partial charge in [-0.3, -0.25) is 9.59 Å². The molecular weight excluding hydrogens is 340 g/mol. The molecular formula is C21H20N4O2. The SMILES string of the molecule is O=C(Cc1ccc(-n2cccn2)cc1)Nc1ccc(C(=O)NC2CC2)cc1. The Kier molecular flexibility index (Phi) is 4.70. The average Bonchev–Trinajstić information content (AvgIpc) is 3.31. The molecule has 0 spiro atoms. The van der Waals surface area contributed by atoms with Gasteiger partial charge in [-0.15, -0.1) is 0 Å². The molecule has 1 aliphatic rings. The normalized spacial score (nSPS) is 13.2. The van der Waals surface area contributed by atoms with Crippen LogP contribution in [0.1, 0.15) is 28.8 Å². The smallest absolute Gasteiger partial charge is 0.251 e. The molecule has 1 saturated carbocycles. The Morgan fingerprint density at radius 1 is 1.04 bits per heavy atom. The molecule has 2 amide bonds. The first-order valence-electron chi connectivity index (χ1n) is 8.97. The molecule has 1 aliphatic carbocycles. The zero-order chi connectivity index (χ0) is 18.6. The van der Waals surface area contributed by atoms with E-state index >= 15 is 0 Å². The van der Waals surface area contributed by atoms with Crippen LogP contribution in [0.2, 0.25) is 0 Å². The van der Waals surface area contributed by atoms with Crippen molar-refractivity contribution in [3.63, 3.8) is 0 Å². The van der Waals surface area contributed by atoms with E-state index in [2.05, 4.69) is 15.7 Å². The molecule has 27 heavy (non-hydrogen) atoms. The average molecular weight is 360 g/mol. The third-order valence-electron chi connectivity index (χ3n) is 4.41. The summed E-state index contributed by atoms with van der Waals surface area (Å²) in [7, 11) is 0. The summed E-state index contributed by atoms with van der Waals surface area (Å²) in [6.07, 6.45) is 5.99. The molecule has 0 aliphatic heterocycles. The van der Waals surface area contributed by atoms with Crippen molar-refractivity contribution in [1.82, 2.24) is 15.1 Å². The van der Waals surface area contributed by atoms with Gasteiger partial charge in [-0.05, 0) is 60.9 Å². The third kappa shape index (κ3) is 4.41. The van der Waals surface area contributed by atoms with Gasteiger partial charge in [-0.25, -0.2) is 4.68 Å². The Morgan fingerprint density at radius 3 is 2.41 bits per heavy atom. The van der Waals surface area contributed by atoms with E-state index in [4.69, 9.17) is 0 Å². The number of aromatic nitrogens is 2. The number of rotatable bonds is 6. The predicted octanol–water partition coefficient (Wildman–Crippen LogP) is 2.95. The summed E-state index contributed by atoms with van der Waals surface area (Å²) in [5.74, 6) is -0.162. The number of hydrogen-bond acceptors (Lipinski definition) is 3. The third-order valence-corrected chi connectivity index (χ3v) is 4.41. The lowest BCUT2D eigenvalue weighted by Crippen LogP contribution is -2.25. The highest BCUT2D eigenvalue weighted by Gasteiger charge is 2.23. The molecule has 2 aromatic carbocycles. The first kappa shape index (κ1) is 17.0. The van der Waals surface area contributed by atoms with Gasteiger partial charge in [-0.1, -0.05) is 12.1 Å². The fourth-order valence-electron chi connectivity index (χ4n) is 2.78. The standard InChI is InChI=1S/C21H20N4O2/c26-20(14-15-2-10-19(11-3-15)25-13-1-12-22-25)23-17-6-4-16(5-7-17)21(27)24-18-8-9-18/h1-7,10-13,18H,8-9,14H2,(H,23,26)(H,24,27). The first-order chi connectivity index (χ1) is 13.2. The Bertz CT molecular complexity index is 927. The van der Waals surface area contributed by atoms with Crippen molar-refractivity contribution in [2.75, 3.05) is 5.32 Å². The Hall–Kier alpha value is -3.41. The summed E-state index contributed by atoms with van der Waals surface area (Å²) in [5.41, 5.74) is 3.15. The van der Waals surface area contributed by atoms with E-state index in [0.29, 0.717) is 17.3 Å². The Balaban J connectivity index is 1.32. The second-order valence-electron chi connectivity index (χ2n) is 6.67. The van der Waals surface area contributed by atoms with Gasteiger partial charge in [0, 0.05) is 29.7 Å². The quantitative estimate of drug-likeness (QED) is 0.710. The van der Waals surface area contributed by atoms with Crippen LogP contribution in [0.3, 0.4) is 0 Å². The van der Waals surface area contributed by atoms with Crippen molar-refractivity contribution in [2.24, 2.45) is 0 Å². The second-order valence-corrected chi connectivity index (χ2v) is 6.67. The van der Waals surface area contributed by atoms with E-state index in [1.54, 1.807) is 35.1 Å². The predicted molar refractivity (Wildman–Crippen MR) is 103 cm³/mol. The first-order valence-corrected chi connectivity index (χ1v) is 8.97. The molecule has 1 heterocycles. The summed E-state index contributed by atoms with van der Waals surface area (Å²) < 4.78 is 1.77. The van der Waals surface area contributed by atoms with E-state index in [-0.39, 0.29) is 18.2 Å². The summed E-state index contributed by atoms with van der Waals surface area (Å²) in [6, 6.07) is 16.9. The number of hydrogen-bond donors (Lipinski definition) is 2. The lowest BCUT2D eigenvalue weighted by Gasteiger charge is -2.08. The van der Waals surface area contributed by atoms with Crippen molar-refractivity contribution in [2.45, 2.75) is 25.3 Å². The number of carbonyl (C=O) groups excluding carboxylic acids is 2. The van der Waals surface area contributed by atoms with E-state index < -0.39 is 0 Å². The van der Waals surface area contributed by atoms with Crippen LogP contribution in [0.4, 0.5) is 5.69 Å². The maximum Gasteiger partial charge on any atom is 0.251 e. The minimum Gasteiger partial charge on any atom is -0.349 e. The molecule has 0 bridgehead atoms. The molecule has 0 unspecified atom stereocenters. The molecule has 1 aromatic heterocycles. The number of amides is 2. The van der Waals surface area contributed by atoms with Gasteiger partial charge >= 0.3 is 0 Å². The largest absolute Gasteiger partial charge is 0.349 e. The van der Waals surface area contributed by atoms with Gasteiger partial charge < -0.3 is 10.6 Å². The lowest BCUT2D eigenvalue weighted by atomic mass is 10.1. The number of nitrogens with one attached hydrogen (secondary N) is 2. The molecule has 136 valence electrons. The molecule has 2 N–H and O–H groups in total. The van der Waals surface area contributed by atoms with Gasteiger partial charge in [0.25, 0.3) is 5.91 Å². The fraction of sp³-hybridized carbons (Fsp3) is 0.190. The maximum atomic E-state index is 12.3.